The van der Waals surface area contributed by atoms with Crippen LogP contribution in [0, 0.1) is 0 Å². The Labute approximate surface area is 401 Å². The van der Waals surface area contributed by atoms with Crippen molar-refractivity contribution in [3.63, 3.8) is 0 Å². The van der Waals surface area contributed by atoms with E-state index in [0.717, 1.165) is 20.8 Å². The molecule has 0 radical (unpaired) electrons. The Hall–Kier alpha value is -3.08. The zero-order valence-corrected chi connectivity index (χ0v) is 38.0. The van der Waals surface area contributed by atoms with E-state index in [-0.39, 0.29) is 0 Å². The fourth-order valence-electron chi connectivity index (χ4n) is 8.85. The molecule has 71 heavy (non-hydrogen) atoms. The third-order valence-electron chi connectivity index (χ3n) is 12.4. The Kier molecular flexibility index (Phi) is 20.7. The largest absolute Gasteiger partial charge is 0.477 e. The highest BCUT2D eigenvalue weighted by Crippen LogP contribution is 2.40. The van der Waals surface area contributed by atoms with Crippen molar-refractivity contribution < 1.29 is 148 Å². The van der Waals surface area contributed by atoms with Crippen LogP contribution in [-0.4, -0.2) is 297 Å². The number of aliphatic carboxylic acids is 1. The summed E-state index contributed by atoms with van der Waals surface area (Å²) in [7, 11) is 0. The second-order valence-corrected chi connectivity index (χ2v) is 17.4. The van der Waals surface area contributed by atoms with Crippen LogP contribution in [0.25, 0.3) is 0 Å². The zero-order valence-electron chi connectivity index (χ0n) is 38.0. The molecule has 26 atom stereocenters. The van der Waals surface area contributed by atoms with Crippen molar-refractivity contribution in [2.24, 2.45) is 0 Å². The van der Waals surface area contributed by atoms with E-state index < -0.39 is 222 Å². The summed E-state index contributed by atoms with van der Waals surface area (Å²) in [5.41, 5.74) is 0. The standard InChI is InChI=1S/C39H64N2O30/c1-10(47)40-19-14(62-12(3)49)4-39(38(60)61,70-31(19)21(51)13(50)5-42)71-33-23(53)16(7-44)65-37(28(33)58)67-29-18(9-46)66-35(20(24(29)54)41-11(2)48)69-32-22(52)15(6-43)64-36(27(32)57)68-30-17(8-45)63-34(59)26(56)25(30)55/h13-37,42-46,50-59H,4-9H2,1-3H3,(H,40,47)(H,41,48)(H,60,61)/t13-,14+,15-,16-,17-,18-,19-,20-,21-,22+,23+,24-,25-,26-,27-,28-,29-,30-,31-,32+,33+,34?,35+,36+,37+,39+/m1/s1. The van der Waals surface area contributed by atoms with E-state index in [2.05, 4.69) is 10.6 Å². The predicted octanol–water partition coefficient (Wildman–Crippen LogP) is -11.9. The van der Waals surface area contributed by atoms with Crippen molar-refractivity contribution in [2.75, 3.05) is 33.0 Å². The van der Waals surface area contributed by atoms with E-state index >= 15 is 0 Å². The van der Waals surface area contributed by atoms with Gasteiger partial charge in [-0.15, -0.1) is 0 Å². The van der Waals surface area contributed by atoms with Crippen LogP contribution in [-0.2, 0) is 66.5 Å². The van der Waals surface area contributed by atoms with Crippen LogP contribution in [0.4, 0.5) is 0 Å². The van der Waals surface area contributed by atoms with Gasteiger partial charge in [-0.3, -0.25) is 14.4 Å². The van der Waals surface area contributed by atoms with Gasteiger partial charge in [-0.05, 0) is 0 Å². The predicted molar refractivity (Wildman–Crippen MR) is 216 cm³/mol. The minimum Gasteiger partial charge on any atom is -0.477 e. The number of hydrogen-bond donors (Lipinski definition) is 18. The van der Waals surface area contributed by atoms with Gasteiger partial charge in [0.15, 0.2) is 25.2 Å². The summed E-state index contributed by atoms with van der Waals surface area (Å²) < 4.78 is 56.1. The molecule has 5 saturated heterocycles. The average Bonchev–Trinajstić information content (AvgIpc) is 3.31. The van der Waals surface area contributed by atoms with E-state index in [0.29, 0.717) is 0 Å². The Bertz CT molecular complexity index is 1770. The van der Waals surface area contributed by atoms with Gasteiger partial charge in [-0.2, -0.15) is 0 Å². The SMILES string of the molecule is CC(=O)N[C@H]1[C@H](O[C@H]2[C@@H](O)[C@@H](CO)O[C@@H](O[C@H]3[C@H](O)[C@@H](O)C(O)O[C@@H]3CO)[C@@H]2O)O[C@H](CO)[C@@H](O[C@@H]2O[C@H](CO)[C@H](O)[C@H](O[C@]3(C(=O)O)C[C@H](OC(C)=O)[C@@H](NC(C)=O)[C@H]([C@H](O)[C@H](O)CO)O3)[C@H]2O)[C@@H]1O. The van der Waals surface area contributed by atoms with E-state index in [1.54, 1.807) is 0 Å². The van der Waals surface area contributed by atoms with Crippen LogP contribution >= 0.6 is 0 Å². The molecule has 5 rings (SSSR count). The van der Waals surface area contributed by atoms with Crippen LogP contribution in [0.15, 0.2) is 0 Å². The van der Waals surface area contributed by atoms with Gasteiger partial charge in [0.05, 0.1) is 45.5 Å². The minimum absolute atomic E-state index is 0.827. The van der Waals surface area contributed by atoms with Gasteiger partial charge in [-0.25, -0.2) is 4.79 Å². The Morgan fingerprint density at radius 3 is 1.54 bits per heavy atom. The number of nitrogens with one attached hydrogen (secondary N) is 2. The molecule has 5 aliphatic rings. The maximum Gasteiger partial charge on any atom is 0.364 e. The summed E-state index contributed by atoms with van der Waals surface area (Å²) >= 11 is 0. The lowest BCUT2D eigenvalue weighted by atomic mass is 9.87. The third-order valence-corrected chi connectivity index (χ3v) is 12.4. The molecular weight excluding hydrogens is 976 g/mol. The molecule has 32 nitrogen and oxygen atoms in total. The number of carboxylic acid groups (broad SMARTS) is 1. The van der Waals surface area contributed by atoms with Gasteiger partial charge in [0.2, 0.25) is 11.8 Å². The second-order valence-electron chi connectivity index (χ2n) is 17.4. The lowest BCUT2D eigenvalue weighted by Gasteiger charge is -2.51. The fourth-order valence-corrected chi connectivity index (χ4v) is 8.85. The normalized spacial score (nSPS) is 45.0. The van der Waals surface area contributed by atoms with Gasteiger partial charge in [0, 0.05) is 20.8 Å². The first-order valence-corrected chi connectivity index (χ1v) is 22.1. The molecule has 0 aromatic heterocycles. The Morgan fingerprint density at radius 1 is 0.577 bits per heavy atom. The monoisotopic (exact) mass is 1040 g/mol. The molecule has 0 aromatic rings. The number of aliphatic hydroxyl groups excluding tert-OH is 15. The first-order chi connectivity index (χ1) is 33.4. The van der Waals surface area contributed by atoms with Gasteiger partial charge >= 0.3 is 11.9 Å². The number of aliphatic hydroxyl groups is 15. The molecular formula is C39H64N2O30. The number of esters is 1. The van der Waals surface area contributed by atoms with Crippen molar-refractivity contribution in [2.45, 2.75) is 186 Å². The van der Waals surface area contributed by atoms with Crippen LogP contribution in [0.1, 0.15) is 27.2 Å². The van der Waals surface area contributed by atoms with Gasteiger partial charge in [-0.1, -0.05) is 0 Å². The van der Waals surface area contributed by atoms with Crippen molar-refractivity contribution >= 4 is 23.8 Å². The average molecular weight is 1040 g/mol. The molecule has 0 saturated carbocycles. The molecule has 2 amide bonds. The number of carbonyl (C=O) groups excluding carboxylic acids is 3. The van der Waals surface area contributed by atoms with Crippen LogP contribution in [0.5, 0.6) is 0 Å². The summed E-state index contributed by atoms with van der Waals surface area (Å²) in [4.78, 5) is 50.2. The van der Waals surface area contributed by atoms with E-state index in [9.17, 15) is 101 Å². The topological polar surface area (TPSA) is 508 Å². The van der Waals surface area contributed by atoms with Crippen molar-refractivity contribution in [3.8, 4) is 0 Å². The number of rotatable bonds is 19. The molecule has 32 heteroatoms. The van der Waals surface area contributed by atoms with E-state index in [1.807, 2.05) is 0 Å². The maximum absolute atomic E-state index is 13.2. The Morgan fingerprint density at radius 2 is 1.04 bits per heavy atom. The number of carbonyl (C=O) groups is 4. The molecule has 5 fully saturated rings. The van der Waals surface area contributed by atoms with E-state index in [4.69, 9.17) is 47.4 Å². The number of carboxylic acids is 1. The van der Waals surface area contributed by atoms with Gasteiger partial charge in [0.1, 0.15) is 122 Å². The summed E-state index contributed by atoms with van der Waals surface area (Å²) in [6.45, 7) is -2.41. The Balaban J connectivity index is 1.43. The third kappa shape index (κ3) is 12.9. The quantitative estimate of drug-likeness (QED) is 0.0534. The molecule has 1 unspecified atom stereocenters. The lowest BCUT2D eigenvalue weighted by molar-refractivity contribution is -0.390. The highest BCUT2D eigenvalue weighted by molar-refractivity contribution is 5.77. The molecule has 0 aliphatic carbocycles. The summed E-state index contributed by atoms with van der Waals surface area (Å²) in [6.07, 6.45) is -47.3. The highest BCUT2D eigenvalue weighted by atomic mass is 16.8. The summed E-state index contributed by atoms with van der Waals surface area (Å²) in [6, 6.07) is -3.48. The van der Waals surface area contributed by atoms with Gasteiger partial charge < -0.3 is 140 Å². The van der Waals surface area contributed by atoms with Crippen molar-refractivity contribution in [1.29, 1.82) is 0 Å². The smallest absolute Gasteiger partial charge is 0.364 e. The maximum atomic E-state index is 13.2. The second kappa shape index (κ2) is 25.0. The van der Waals surface area contributed by atoms with Crippen molar-refractivity contribution in [1.82, 2.24) is 10.6 Å². The van der Waals surface area contributed by atoms with E-state index in [1.165, 1.54) is 0 Å². The van der Waals surface area contributed by atoms with Crippen LogP contribution in [0.2, 0.25) is 0 Å². The minimum atomic E-state index is -3.21. The lowest BCUT2D eigenvalue weighted by Crippen LogP contribution is -2.71. The number of amides is 2. The molecule has 0 spiro atoms. The molecule has 5 aliphatic heterocycles. The fraction of sp³-hybridized carbons (Fsp3) is 0.897. The van der Waals surface area contributed by atoms with Crippen molar-refractivity contribution in [3.05, 3.63) is 0 Å². The van der Waals surface area contributed by atoms with Gasteiger partial charge in [0.25, 0.3) is 5.79 Å². The molecule has 18 N–H and O–H groups in total. The zero-order chi connectivity index (χ0) is 53.0. The first kappa shape index (κ1) is 58.8. The van der Waals surface area contributed by atoms with Crippen LogP contribution in [0.3, 0.4) is 0 Å². The molecule has 5 heterocycles. The molecule has 0 bridgehead atoms. The highest BCUT2D eigenvalue weighted by Gasteiger charge is 2.62. The number of hydrogen-bond acceptors (Lipinski definition) is 29. The summed E-state index contributed by atoms with van der Waals surface area (Å²) in [5.74, 6) is -8.06. The summed E-state index contributed by atoms with van der Waals surface area (Å²) in [5, 5.41) is 175. The van der Waals surface area contributed by atoms with Crippen LogP contribution < -0.4 is 10.6 Å². The first-order valence-electron chi connectivity index (χ1n) is 22.1. The molecule has 410 valence electrons. The molecule has 0 aromatic carbocycles. The number of ether oxygens (including phenoxy) is 10.